The van der Waals surface area contributed by atoms with Crippen LogP contribution in [-0.2, 0) is 0 Å². The second-order valence-electron chi connectivity index (χ2n) is 5.08. The first-order chi connectivity index (χ1) is 10.8. The van der Waals surface area contributed by atoms with Gasteiger partial charge in [0, 0.05) is 11.5 Å². The molecule has 0 aliphatic carbocycles. The first-order valence-corrected chi connectivity index (χ1v) is 6.95. The summed E-state index contributed by atoms with van der Waals surface area (Å²) in [6.07, 6.45) is 0. The van der Waals surface area contributed by atoms with Crippen LogP contribution in [0.5, 0.6) is 5.75 Å². The van der Waals surface area contributed by atoms with E-state index < -0.39 is 0 Å². The summed E-state index contributed by atoms with van der Waals surface area (Å²) in [4.78, 5) is 14.9. The van der Waals surface area contributed by atoms with Gasteiger partial charge < -0.3 is 14.1 Å². The molecule has 0 spiro atoms. The van der Waals surface area contributed by atoms with Gasteiger partial charge in [-0.2, -0.15) is 0 Å². The molecule has 4 heteroatoms. The number of hydrogen-bond acceptors (Lipinski definition) is 3. The SMILES string of the molecule is COc1ccc2oc3cc(=O)[nH]c(-c4ccccc4)c3c2c1. The Balaban J connectivity index is 2.17. The first-order valence-electron chi connectivity index (χ1n) is 6.95. The fourth-order valence-corrected chi connectivity index (χ4v) is 2.74. The zero-order valence-corrected chi connectivity index (χ0v) is 11.9. The van der Waals surface area contributed by atoms with Crippen LogP contribution < -0.4 is 10.3 Å². The fraction of sp³-hybridized carbons (Fsp3) is 0.0556. The average Bonchev–Trinajstić information content (AvgIpc) is 2.91. The number of furan rings is 1. The van der Waals surface area contributed by atoms with E-state index in [1.54, 1.807) is 7.11 Å². The van der Waals surface area contributed by atoms with Gasteiger partial charge in [-0.25, -0.2) is 0 Å². The molecule has 2 aromatic heterocycles. The van der Waals surface area contributed by atoms with E-state index in [2.05, 4.69) is 4.98 Å². The average molecular weight is 291 g/mol. The Hall–Kier alpha value is -3.01. The van der Waals surface area contributed by atoms with Gasteiger partial charge in [0.05, 0.1) is 18.2 Å². The van der Waals surface area contributed by atoms with Gasteiger partial charge in [-0.15, -0.1) is 0 Å². The molecule has 4 rings (SSSR count). The van der Waals surface area contributed by atoms with E-state index in [4.69, 9.17) is 9.15 Å². The van der Waals surface area contributed by atoms with Crippen molar-refractivity contribution in [3.63, 3.8) is 0 Å². The van der Waals surface area contributed by atoms with Gasteiger partial charge in [-0.1, -0.05) is 30.3 Å². The normalized spacial score (nSPS) is 11.1. The van der Waals surface area contributed by atoms with Crippen LogP contribution in [0.25, 0.3) is 33.2 Å². The minimum Gasteiger partial charge on any atom is -0.497 e. The third-order valence-corrected chi connectivity index (χ3v) is 3.75. The van der Waals surface area contributed by atoms with Gasteiger partial charge in [0.2, 0.25) is 0 Å². The summed E-state index contributed by atoms with van der Waals surface area (Å²) in [6.45, 7) is 0. The van der Waals surface area contributed by atoms with E-state index in [0.29, 0.717) is 5.58 Å². The Kier molecular flexibility index (Phi) is 2.76. The maximum Gasteiger partial charge on any atom is 0.252 e. The van der Waals surface area contributed by atoms with E-state index in [9.17, 15) is 4.79 Å². The molecule has 0 bridgehead atoms. The van der Waals surface area contributed by atoms with Gasteiger partial charge in [0.15, 0.2) is 0 Å². The van der Waals surface area contributed by atoms with Crippen LogP contribution in [0.2, 0.25) is 0 Å². The first kappa shape index (κ1) is 12.7. The molecular weight excluding hydrogens is 278 g/mol. The summed E-state index contributed by atoms with van der Waals surface area (Å²) < 4.78 is 11.1. The maximum absolute atomic E-state index is 11.9. The molecule has 2 heterocycles. The van der Waals surface area contributed by atoms with Gasteiger partial charge in [-0.05, 0) is 23.8 Å². The number of aromatic nitrogens is 1. The number of methoxy groups -OCH3 is 1. The van der Waals surface area contributed by atoms with Gasteiger partial charge >= 0.3 is 0 Å². The molecule has 0 saturated carbocycles. The second kappa shape index (κ2) is 4.77. The fourth-order valence-electron chi connectivity index (χ4n) is 2.74. The highest BCUT2D eigenvalue weighted by molar-refractivity contribution is 6.11. The monoisotopic (exact) mass is 291 g/mol. The molecule has 0 fully saturated rings. The van der Waals surface area contributed by atoms with E-state index >= 15 is 0 Å². The molecule has 0 unspecified atom stereocenters. The summed E-state index contributed by atoms with van der Waals surface area (Å²) in [7, 11) is 1.63. The van der Waals surface area contributed by atoms with Crippen molar-refractivity contribution in [3.05, 3.63) is 65.0 Å². The summed E-state index contributed by atoms with van der Waals surface area (Å²) in [5.41, 5.74) is 2.82. The van der Waals surface area contributed by atoms with Crippen molar-refractivity contribution in [1.29, 1.82) is 0 Å². The number of rotatable bonds is 2. The molecule has 0 radical (unpaired) electrons. The van der Waals surface area contributed by atoms with Crippen molar-refractivity contribution in [2.75, 3.05) is 7.11 Å². The number of H-pyrrole nitrogens is 1. The predicted molar refractivity (Wildman–Crippen MR) is 86.3 cm³/mol. The highest BCUT2D eigenvalue weighted by Crippen LogP contribution is 2.35. The Bertz CT molecular complexity index is 1030. The topological polar surface area (TPSA) is 55.2 Å². The molecule has 108 valence electrons. The van der Waals surface area contributed by atoms with Crippen LogP contribution in [0.3, 0.4) is 0 Å². The van der Waals surface area contributed by atoms with Crippen LogP contribution in [0.1, 0.15) is 0 Å². The van der Waals surface area contributed by atoms with Crippen molar-refractivity contribution in [2.24, 2.45) is 0 Å². The van der Waals surface area contributed by atoms with E-state index in [0.717, 1.165) is 33.4 Å². The van der Waals surface area contributed by atoms with E-state index in [1.807, 2.05) is 48.5 Å². The molecule has 4 aromatic rings. The summed E-state index contributed by atoms with van der Waals surface area (Å²) in [5.74, 6) is 0.750. The smallest absolute Gasteiger partial charge is 0.252 e. The van der Waals surface area contributed by atoms with Gasteiger partial charge in [0.1, 0.15) is 16.9 Å². The third-order valence-electron chi connectivity index (χ3n) is 3.75. The number of hydrogen-bond donors (Lipinski definition) is 1. The molecule has 0 aliphatic heterocycles. The lowest BCUT2D eigenvalue weighted by molar-refractivity contribution is 0.415. The number of benzene rings is 2. The minimum absolute atomic E-state index is 0.183. The largest absolute Gasteiger partial charge is 0.497 e. The molecule has 1 N–H and O–H groups in total. The summed E-state index contributed by atoms with van der Waals surface area (Å²) >= 11 is 0. The number of pyridine rings is 1. The molecule has 4 nitrogen and oxygen atoms in total. The lowest BCUT2D eigenvalue weighted by Crippen LogP contribution is -2.04. The third kappa shape index (κ3) is 1.89. The molecule has 0 atom stereocenters. The Morgan fingerprint density at radius 2 is 1.82 bits per heavy atom. The molecule has 0 aliphatic rings. The van der Waals surface area contributed by atoms with Crippen LogP contribution >= 0.6 is 0 Å². The van der Waals surface area contributed by atoms with Crippen molar-refractivity contribution in [3.8, 4) is 17.0 Å². The molecule has 22 heavy (non-hydrogen) atoms. The van der Waals surface area contributed by atoms with Crippen LogP contribution in [0, 0.1) is 0 Å². The van der Waals surface area contributed by atoms with Crippen molar-refractivity contribution in [2.45, 2.75) is 0 Å². The Morgan fingerprint density at radius 3 is 2.59 bits per heavy atom. The standard InChI is InChI=1S/C18H13NO3/c1-21-12-7-8-14-13(9-12)17-15(22-14)10-16(20)19-18(17)11-5-3-2-4-6-11/h2-10H,1H3,(H,19,20). The zero-order chi connectivity index (χ0) is 15.1. The lowest BCUT2D eigenvalue weighted by Gasteiger charge is -2.04. The lowest BCUT2D eigenvalue weighted by atomic mass is 10.0. The molecule has 0 saturated heterocycles. The van der Waals surface area contributed by atoms with Crippen LogP contribution in [-0.4, -0.2) is 12.1 Å². The summed E-state index contributed by atoms with van der Waals surface area (Å²) in [6, 6.07) is 16.8. The quantitative estimate of drug-likeness (QED) is 0.608. The van der Waals surface area contributed by atoms with Crippen molar-refractivity contribution in [1.82, 2.24) is 4.98 Å². The Morgan fingerprint density at radius 1 is 1.00 bits per heavy atom. The molecule has 2 aromatic carbocycles. The highest BCUT2D eigenvalue weighted by Gasteiger charge is 2.14. The number of ether oxygens (including phenoxy) is 1. The van der Waals surface area contributed by atoms with Crippen LogP contribution in [0.15, 0.2) is 63.8 Å². The van der Waals surface area contributed by atoms with Gasteiger partial charge in [-0.3, -0.25) is 4.79 Å². The van der Waals surface area contributed by atoms with Crippen molar-refractivity contribution >= 4 is 21.9 Å². The number of aromatic amines is 1. The van der Waals surface area contributed by atoms with Crippen molar-refractivity contribution < 1.29 is 9.15 Å². The molecule has 0 amide bonds. The highest BCUT2D eigenvalue weighted by atomic mass is 16.5. The minimum atomic E-state index is -0.183. The van der Waals surface area contributed by atoms with E-state index in [-0.39, 0.29) is 5.56 Å². The maximum atomic E-state index is 11.9. The van der Waals surface area contributed by atoms with Crippen LogP contribution in [0.4, 0.5) is 0 Å². The summed E-state index contributed by atoms with van der Waals surface area (Å²) in [5, 5.41) is 1.81. The second-order valence-corrected chi connectivity index (χ2v) is 5.08. The van der Waals surface area contributed by atoms with Gasteiger partial charge in [0.25, 0.3) is 5.56 Å². The molecular formula is C18H13NO3. The van der Waals surface area contributed by atoms with E-state index in [1.165, 1.54) is 6.07 Å². The predicted octanol–water partition coefficient (Wildman–Crippen LogP) is 3.95. The Labute approximate surface area is 126 Å². The number of fused-ring (bicyclic) bond motifs is 3. The number of nitrogens with one attached hydrogen (secondary N) is 1. The zero-order valence-electron chi connectivity index (χ0n) is 11.9.